The van der Waals surface area contributed by atoms with E-state index in [1.807, 2.05) is 31.2 Å². The van der Waals surface area contributed by atoms with E-state index in [-0.39, 0.29) is 12.5 Å². The van der Waals surface area contributed by atoms with Gasteiger partial charge in [-0.15, -0.1) is 11.3 Å². The highest BCUT2D eigenvalue weighted by Crippen LogP contribution is 2.35. The van der Waals surface area contributed by atoms with Crippen LogP contribution in [0.1, 0.15) is 46.4 Å². The molecule has 2 heterocycles. The molecule has 0 spiro atoms. The van der Waals surface area contributed by atoms with Gasteiger partial charge in [0, 0.05) is 12.8 Å². The minimum atomic E-state index is -0.164. The maximum absolute atomic E-state index is 12.8. The molecule has 7 heteroatoms. The van der Waals surface area contributed by atoms with E-state index in [1.165, 1.54) is 16.9 Å². The summed E-state index contributed by atoms with van der Waals surface area (Å²) in [5.74, 6) is 1.27. The minimum Gasteiger partial charge on any atom is -0.480 e. The van der Waals surface area contributed by atoms with Crippen LogP contribution in [0.5, 0.6) is 5.88 Å². The van der Waals surface area contributed by atoms with Crippen molar-refractivity contribution in [2.24, 2.45) is 0 Å². The van der Waals surface area contributed by atoms with Crippen LogP contribution in [0.3, 0.4) is 0 Å². The van der Waals surface area contributed by atoms with Gasteiger partial charge in [0.05, 0.1) is 17.4 Å². The zero-order chi connectivity index (χ0) is 19.6. The molecule has 2 aromatic heterocycles. The van der Waals surface area contributed by atoms with Crippen molar-refractivity contribution < 1.29 is 14.3 Å². The topological polar surface area (TPSA) is 73.3 Å². The second kappa shape index (κ2) is 8.02. The monoisotopic (exact) mass is 385 g/mol. The van der Waals surface area contributed by atoms with E-state index in [1.54, 1.807) is 14.2 Å². The Morgan fingerprint density at radius 2 is 1.89 bits per heavy atom. The van der Waals surface area contributed by atoms with Crippen LogP contribution in [0.25, 0.3) is 10.2 Å². The molecule has 0 saturated carbocycles. The number of benzene rings is 1. The first-order chi connectivity index (χ1) is 12.9. The Hall–Kier alpha value is -2.51. The molecule has 0 atom stereocenters. The summed E-state index contributed by atoms with van der Waals surface area (Å²) >= 11 is 1.33. The fourth-order valence-electron chi connectivity index (χ4n) is 2.84. The average Bonchev–Trinajstić information content (AvgIpc) is 2.98. The van der Waals surface area contributed by atoms with Crippen LogP contribution < -0.4 is 10.1 Å². The number of nitrogens with zero attached hydrogens (tertiary/aromatic N) is 2. The SMILES string of the molecule is COCc1nc(OC)c2c(C)c(C(=O)Nc3ccc(C(C)C)cc3)sc2n1. The van der Waals surface area contributed by atoms with Gasteiger partial charge in [-0.1, -0.05) is 26.0 Å². The van der Waals surface area contributed by atoms with Gasteiger partial charge in [-0.05, 0) is 36.1 Å². The molecule has 0 saturated heterocycles. The Bertz CT molecular complexity index is 965. The van der Waals surface area contributed by atoms with Crippen LogP contribution in [0.4, 0.5) is 5.69 Å². The Balaban J connectivity index is 1.93. The van der Waals surface area contributed by atoms with E-state index in [2.05, 4.69) is 29.1 Å². The van der Waals surface area contributed by atoms with Crippen molar-refractivity contribution in [2.75, 3.05) is 19.5 Å². The zero-order valence-corrected chi connectivity index (χ0v) is 16.9. The molecule has 0 radical (unpaired) electrons. The maximum atomic E-state index is 12.8. The van der Waals surface area contributed by atoms with Gasteiger partial charge in [0.25, 0.3) is 5.91 Å². The van der Waals surface area contributed by atoms with E-state index in [9.17, 15) is 4.79 Å². The van der Waals surface area contributed by atoms with Crippen molar-refractivity contribution in [3.63, 3.8) is 0 Å². The first kappa shape index (κ1) is 19.3. The van der Waals surface area contributed by atoms with Gasteiger partial charge in [-0.2, -0.15) is 4.98 Å². The van der Waals surface area contributed by atoms with Crippen LogP contribution >= 0.6 is 11.3 Å². The first-order valence-corrected chi connectivity index (χ1v) is 9.50. The Morgan fingerprint density at radius 1 is 1.19 bits per heavy atom. The molecule has 1 aromatic carbocycles. The summed E-state index contributed by atoms with van der Waals surface area (Å²) in [6.45, 7) is 6.45. The molecule has 1 N–H and O–H groups in total. The second-order valence-electron chi connectivity index (χ2n) is 6.55. The van der Waals surface area contributed by atoms with Crippen LogP contribution in [-0.2, 0) is 11.3 Å². The molecule has 3 aromatic rings. The number of anilines is 1. The highest BCUT2D eigenvalue weighted by molar-refractivity contribution is 7.20. The molecule has 6 nitrogen and oxygen atoms in total. The van der Waals surface area contributed by atoms with E-state index in [0.717, 1.165) is 16.6 Å². The Kier molecular flexibility index (Phi) is 5.72. The molecule has 0 aliphatic heterocycles. The lowest BCUT2D eigenvalue weighted by atomic mass is 10.0. The number of thiophene rings is 1. The molecule has 1 amide bonds. The van der Waals surface area contributed by atoms with Gasteiger partial charge in [-0.3, -0.25) is 4.79 Å². The van der Waals surface area contributed by atoms with Crippen molar-refractivity contribution in [3.8, 4) is 5.88 Å². The smallest absolute Gasteiger partial charge is 0.266 e. The molecule has 0 bridgehead atoms. The minimum absolute atomic E-state index is 0.164. The number of hydrogen-bond acceptors (Lipinski definition) is 6. The van der Waals surface area contributed by atoms with Crippen LogP contribution in [-0.4, -0.2) is 30.1 Å². The zero-order valence-electron chi connectivity index (χ0n) is 16.1. The normalized spacial score (nSPS) is 11.2. The van der Waals surface area contributed by atoms with Crippen molar-refractivity contribution in [3.05, 3.63) is 46.1 Å². The van der Waals surface area contributed by atoms with E-state index in [0.29, 0.717) is 27.3 Å². The highest BCUT2D eigenvalue weighted by atomic mass is 32.1. The van der Waals surface area contributed by atoms with Crippen LogP contribution in [0, 0.1) is 6.92 Å². The fraction of sp³-hybridized carbons (Fsp3) is 0.350. The number of carbonyl (C=O) groups excluding carboxylic acids is 1. The van der Waals surface area contributed by atoms with E-state index in [4.69, 9.17) is 9.47 Å². The number of aromatic nitrogens is 2. The lowest BCUT2D eigenvalue weighted by Crippen LogP contribution is -2.11. The van der Waals surface area contributed by atoms with E-state index >= 15 is 0 Å². The standard InChI is InChI=1S/C20H23N3O3S/c1-11(2)13-6-8-14(9-7-13)21-18(24)17-12(3)16-19(26-5)22-15(10-25-4)23-20(16)27-17/h6-9,11H,10H2,1-5H3,(H,21,24). The van der Waals surface area contributed by atoms with Gasteiger partial charge in [0.1, 0.15) is 11.4 Å². The van der Waals surface area contributed by atoms with Gasteiger partial charge in [-0.25, -0.2) is 4.98 Å². The summed E-state index contributed by atoms with van der Waals surface area (Å²) < 4.78 is 10.5. The third-order valence-electron chi connectivity index (χ3n) is 4.31. The summed E-state index contributed by atoms with van der Waals surface area (Å²) in [6.07, 6.45) is 0. The first-order valence-electron chi connectivity index (χ1n) is 8.68. The number of rotatable bonds is 6. The largest absolute Gasteiger partial charge is 0.480 e. The summed E-state index contributed by atoms with van der Waals surface area (Å²) in [5.41, 5.74) is 2.81. The number of hydrogen-bond donors (Lipinski definition) is 1. The fourth-order valence-corrected chi connectivity index (χ4v) is 3.93. The molecule has 0 aliphatic rings. The Labute approximate surface area is 162 Å². The van der Waals surface area contributed by atoms with Crippen molar-refractivity contribution >= 4 is 33.1 Å². The summed E-state index contributed by atoms with van der Waals surface area (Å²) in [6, 6.07) is 7.91. The second-order valence-corrected chi connectivity index (χ2v) is 7.55. The van der Waals surface area contributed by atoms with Gasteiger partial charge in [0.2, 0.25) is 5.88 Å². The van der Waals surface area contributed by atoms with Crippen LogP contribution in [0.15, 0.2) is 24.3 Å². The third kappa shape index (κ3) is 3.94. The number of methoxy groups -OCH3 is 2. The highest BCUT2D eigenvalue weighted by Gasteiger charge is 2.21. The molecule has 142 valence electrons. The van der Waals surface area contributed by atoms with Gasteiger partial charge >= 0.3 is 0 Å². The summed E-state index contributed by atoms with van der Waals surface area (Å²) in [5, 5.41) is 3.73. The van der Waals surface area contributed by atoms with E-state index < -0.39 is 0 Å². The number of ether oxygens (including phenoxy) is 2. The molecule has 0 aliphatic carbocycles. The molecule has 0 unspecified atom stereocenters. The Morgan fingerprint density at radius 3 is 2.48 bits per heavy atom. The van der Waals surface area contributed by atoms with Crippen molar-refractivity contribution in [1.82, 2.24) is 9.97 Å². The summed E-state index contributed by atoms with van der Waals surface area (Å²) in [7, 11) is 3.15. The lowest BCUT2D eigenvalue weighted by molar-refractivity contribution is 0.103. The predicted octanol–water partition coefficient (Wildman–Crippen LogP) is 4.53. The number of aryl methyl sites for hydroxylation is 1. The van der Waals surface area contributed by atoms with Gasteiger partial charge in [0.15, 0.2) is 5.82 Å². The van der Waals surface area contributed by atoms with Gasteiger partial charge < -0.3 is 14.8 Å². The molecular weight excluding hydrogens is 362 g/mol. The number of amides is 1. The molecule has 27 heavy (non-hydrogen) atoms. The number of nitrogens with one attached hydrogen (secondary N) is 1. The summed E-state index contributed by atoms with van der Waals surface area (Å²) in [4.78, 5) is 23.0. The lowest BCUT2D eigenvalue weighted by Gasteiger charge is -2.08. The predicted molar refractivity (Wildman–Crippen MR) is 108 cm³/mol. The molecular formula is C20H23N3O3S. The average molecular weight is 385 g/mol. The third-order valence-corrected chi connectivity index (χ3v) is 5.50. The van der Waals surface area contributed by atoms with Crippen molar-refractivity contribution in [1.29, 1.82) is 0 Å². The molecule has 3 rings (SSSR count). The number of fused-ring (bicyclic) bond motifs is 1. The van der Waals surface area contributed by atoms with Crippen LogP contribution in [0.2, 0.25) is 0 Å². The maximum Gasteiger partial charge on any atom is 0.266 e. The molecule has 0 fully saturated rings. The quantitative estimate of drug-likeness (QED) is 0.675. The number of carbonyl (C=O) groups is 1. The van der Waals surface area contributed by atoms with Crippen molar-refractivity contribution in [2.45, 2.75) is 33.3 Å².